The average molecular weight is 384 g/mol. The molecule has 0 aliphatic heterocycles. The van der Waals surface area contributed by atoms with Crippen molar-refractivity contribution in [1.29, 1.82) is 0 Å². The fourth-order valence-corrected chi connectivity index (χ4v) is 3.14. The van der Waals surface area contributed by atoms with Crippen LogP contribution in [0.5, 0.6) is 11.5 Å². The predicted molar refractivity (Wildman–Crippen MR) is 107 cm³/mol. The summed E-state index contributed by atoms with van der Waals surface area (Å²) in [5, 5.41) is 4.70. The Balaban J connectivity index is 1.56. The van der Waals surface area contributed by atoms with Crippen molar-refractivity contribution in [2.75, 3.05) is 19.5 Å². The molecule has 0 unspecified atom stereocenters. The molecule has 0 spiro atoms. The van der Waals surface area contributed by atoms with Crippen LogP contribution in [0, 0.1) is 0 Å². The quantitative estimate of drug-likeness (QED) is 0.354. The molecular formula is C19H20N4O3S. The number of amides is 1. The zero-order valence-corrected chi connectivity index (χ0v) is 15.9. The molecule has 0 aliphatic rings. The average Bonchev–Trinajstić information content (AvgIpc) is 3.10. The standard InChI is InChI=1S/C19H20N4O3S/c1-3-26-16-10-6-7-13(18(16)25-2)11-20-23-17(24)12-27-19-21-14-8-4-5-9-15(14)22-19/h4-11H,3,12H2,1-2H3,(H,21,22)(H,23,24)/b20-11-. The van der Waals surface area contributed by atoms with Gasteiger partial charge in [-0.1, -0.05) is 30.0 Å². The van der Waals surface area contributed by atoms with Crippen LogP contribution in [0.25, 0.3) is 11.0 Å². The topological polar surface area (TPSA) is 88.6 Å². The van der Waals surface area contributed by atoms with E-state index in [0.717, 1.165) is 11.0 Å². The Bertz CT molecular complexity index is 922. The van der Waals surface area contributed by atoms with E-state index in [-0.39, 0.29) is 11.7 Å². The molecule has 2 aromatic carbocycles. The Hall–Kier alpha value is -3.00. The predicted octanol–water partition coefficient (Wildman–Crippen LogP) is 3.21. The van der Waals surface area contributed by atoms with Gasteiger partial charge in [0, 0.05) is 5.56 Å². The summed E-state index contributed by atoms with van der Waals surface area (Å²) < 4.78 is 10.9. The van der Waals surface area contributed by atoms with E-state index >= 15 is 0 Å². The van der Waals surface area contributed by atoms with E-state index in [1.54, 1.807) is 7.11 Å². The first-order chi connectivity index (χ1) is 13.2. The number of H-pyrrole nitrogens is 1. The van der Waals surface area contributed by atoms with Gasteiger partial charge in [-0.25, -0.2) is 10.4 Å². The summed E-state index contributed by atoms with van der Waals surface area (Å²) in [6.45, 7) is 2.44. The van der Waals surface area contributed by atoms with Gasteiger partial charge in [0.25, 0.3) is 5.91 Å². The molecule has 0 fully saturated rings. The minimum Gasteiger partial charge on any atom is -0.492 e. The van der Waals surface area contributed by atoms with E-state index in [1.165, 1.54) is 18.0 Å². The Morgan fingerprint density at radius 3 is 2.93 bits per heavy atom. The van der Waals surface area contributed by atoms with Crippen molar-refractivity contribution in [3.63, 3.8) is 0 Å². The summed E-state index contributed by atoms with van der Waals surface area (Å²) in [7, 11) is 1.57. The molecule has 1 aromatic heterocycles. The van der Waals surface area contributed by atoms with Gasteiger partial charge in [-0.15, -0.1) is 0 Å². The zero-order valence-electron chi connectivity index (χ0n) is 15.1. The number of thioether (sulfide) groups is 1. The summed E-state index contributed by atoms with van der Waals surface area (Å²) in [6, 6.07) is 13.2. The fourth-order valence-electron chi connectivity index (χ4n) is 2.46. The molecule has 0 radical (unpaired) electrons. The van der Waals surface area contributed by atoms with Crippen LogP contribution in [0.1, 0.15) is 12.5 Å². The fraction of sp³-hybridized carbons (Fsp3) is 0.211. The highest BCUT2D eigenvalue weighted by atomic mass is 32.2. The number of aromatic amines is 1. The maximum absolute atomic E-state index is 12.0. The van der Waals surface area contributed by atoms with Gasteiger partial charge in [0.2, 0.25) is 0 Å². The van der Waals surface area contributed by atoms with Crippen LogP contribution in [0.4, 0.5) is 0 Å². The summed E-state index contributed by atoms with van der Waals surface area (Å²) in [5.74, 6) is 1.19. The second-order valence-electron chi connectivity index (χ2n) is 5.45. The number of aromatic nitrogens is 2. The van der Waals surface area contributed by atoms with Gasteiger partial charge in [0.1, 0.15) is 0 Å². The third kappa shape index (κ3) is 4.79. The summed E-state index contributed by atoms with van der Waals surface area (Å²) >= 11 is 1.32. The first-order valence-electron chi connectivity index (χ1n) is 8.40. The molecule has 1 heterocycles. The highest BCUT2D eigenvalue weighted by Crippen LogP contribution is 2.29. The first-order valence-corrected chi connectivity index (χ1v) is 9.39. The smallest absolute Gasteiger partial charge is 0.250 e. The van der Waals surface area contributed by atoms with Crippen LogP contribution < -0.4 is 14.9 Å². The Morgan fingerprint density at radius 2 is 2.15 bits per heavy atom. The number of methoxy groups -OCH3 is 1. The van der Waals surface area contributed by atoms with Gasteiger partial charge < -0.3 is 14.5 Å². The van der Waals surface area contributed by atoms with E-state index < -0.39 is 0 Å². The van der Waals surface area contributed by atoms with Gasteiger partial charge in [0.15, 0.2) is 16.7 Å². The molecule has 8 heteroatoms. The highest BCUT2D eigenvalue weighted by Gasteiger charge is 2.09. The first kappa shape index (κ1) is 18.8. The Morgan fingerprint density at radius 1 is 1.30 bits per heavy atom. The van der Waals surface area contributed by atoms with E-state index in [0.29, 0.717) is 28.8 Å². The Kier molecular flexibility index (Phi) is 6.32. The van der Waals surface area contributed by atoms with Crippen molar-refractivity contribution in [3.8, 4) is 11.5 Å². The van der Waals surface area contributed by atoms with Gasteiger partial charge in [0.05, 0.1) is 36.7 Å². The number of carbonyl (C=O) groups excluding carboxylic acids is 1. The number of rotatable bonds is 8. The lowest BCUT2D eigenvalue weighted by Crippen LogP contribution is -2.19. The number of carbonyl (C=O) groups is 1. The van der Waals surface area contributed by atoms with Crippen LogP contribution in [-0.4, -0.2) is 41.6 Å². The lowest BCUT2D eigenvalue weighted by Gasteiger charge is -2.11. The van der Waals surface area contributed by atoms with E-state index in [4.69, 9.17) is 9.47 Å². The number of nitrogens with zero attached hydrogens (tertiary/aromatic N) is 2. The van der Waals surface area contributed by atoms with Gasteiger partial charge in [-0.05, 0) is 31.2 Å². The molecule has 3 rings (SSSR count). The maximum atomic E-state index is 12.0. The molecular weight excluding hydrogens is 364 g/mol. The number of hydrazone groups is 1. The van der Waals surface area contributed by atoms with Gasteiger partial charge in [-0.3, -0.25) is 4.79 Å². The second-order valence-corrected chi connectivity index (χ2v) is 6.42. The van der Waals surface area contributed by atoms with Crippen molar-refractivity contribution < 1.29 is 14.3 Å². The second kappa shape index (κ2) is 9.09. The SMILES string of the molecule is CCOc1cccc(/C=N\NC(=O)CSc2nc3ccccc3[nH]2)c1OC. The van der Waals surface area contributed by atoms with Gasteiger partial charge >= 0.3 is 0 Å². The zero-order chi connectivity index (χ0) is 19.1. The molecule has 27 heavy (non-hydrogen) atoms. The minimum absolute atomic E-state index is 0.202. The van der Waals surface area contributed by atoms with Crippen LogP contribution in [0.3, 0.4) is 0 Å². The summed E-state index contributed by atoms with van der Waals surface area (Å²) in [6.07, 6.45) is 1.53. The largest absolute Gasteiger partial charge is 0.492 e. The van der Waals surface area contributed by atoms with Crippen molar-refractivity contribution in [2.45, 2.75) is 12.1 Å². The number of nitrogens with one attached hydrogen (secondary N) is 2. The number of hydrogen-bond donors (Lipinski definition) is 2. The molecule has 0 bridgehead atoms. The summed E-state index contributed by atoms with van der Waals surface area (Å²) in [4.78, 5) is 19.6. The third-order valence-corrected chi connectivity index (χ3v) is 4.49. The number of ether oxygens (including phenoxy) is 2. The van der Waals surface area contributed by atoms with E-state index in [2.05, 4.69) is 20.5 Å². The molecule has 140 valence electrons. The van der Waals surface area contributed by atoms with Crippen molar-refractivity contribution in [3.05, 3.63) is 48.0 Å². The van der Waals surface area contributed by atoms with Crippen molar-refractivity contribution in [1.82, 2.24) is 15.4 Å². The maximum Gasteiger partial charge on any atom is 0.250 e. The Labute approximate surface area is 161 Å². The van der Waals surface area contributed by atoms with E-state index in [9.17, 15) is 4.79 Å². The molecule has 0 saturated heterocycles. The molecule has 0 aliphatic carbocycles. The molecule has 7 nitrogen and oxygen atoms in total. The number of benzene rings is 2. The van der Waals surface area contributed by atoms with Crippen LogP contribution in [-0.2, 0) is 4.79 Å². The molecule has 0 saturated carbocycles. The number of fused-ring (bicyclic) bond motifs is 1. The van der Waals surface area contributed by atoms with Gasteiger partial charge in [-0.2, -0.15) is 5.10 Å². The van der Waals surface area contributed by atoms with Crippen molar-refractivity contribution in [2.24, 2.45) is 5.10 Å². The van der Waals surface area contributed by atoms with Crippen LogP contribution in [0.15, 0.2) is 52.7 Å². The molecule has 3 aromatic rings. The lowest BCUT2D eigenvalue weighted by molar-refractivity contribution is -0.118. The number of imidazole rings is 1. The molecule has 1 amide bonds. The molecule has 2 N–H and O–H groups in total. The normalized spacial score (nSPS) is 11.0. The third-order valence-electron chi connectivity index (χ3n) is 3.61. The monoisotopic (exact) mass is 384 g/mol. The number of para-hydroxylation sites is 3. The van der Waals surface area contributed by atoms with Crippen molar-refractivity contribution >= 4 is 34.9 Å². The summed E-state index contributed by atoms with van der Waals surface area (Å²) in [5.41, 5.74) is 5.04. The lowest BCUT2D eigenvalue weighted by atomic mass is 10.2. The molecule has 0 atom stereocenters. The highest BCUT2D eigenvalue weighted by molar-refractivity contribution is 7.99. The van der Waals surface area contributed by atoms with Crippen LogP contribution in [0.2, 0.25) is 0 Å². The van der Waals surface area contributed by atoms with Crippen LogP contribution >= 0.6 is 11.8 Å². The van der Waals surface area contributed by atoms with E-state index in [1.807, 2.05) is 49.4 Å². The minimum atomic E-state index is -0.225. The number of hydrogen-bond acceptors (Lipinski definition) is 6.